The Bertz CT molecular complexity index is 557. The number of hydrogen-bond acceptors (Lipinski definition) is 5. The fourth-order valence-electron chi connectivity index (χ4n) is 2.34. The largest absolute Gasteiger partial charge is 0.377 e. The Hall–Kier alpha value is -2.27. The topological polar surface area (TPSA) is 82.2 Å². The van der Waals surface area contributed by atoms with Crippen LogP contribution in [0.2, 0.25) is 0 Å². The third-order valence-electron chi connectivity index (χ3n) is 3.47. The van der Waals surface area contributed by atoms with Crippen molar-refractivity contribution in [1.29, 1.82) is 5.26 Å². The number of piperidine rings is 1. The number of nitro groups is 1. The molecule has 1 heterocycles. The molecule has 0 atom stereocenters. The number of nitriles is 1. The Morgan fingerprint density at radius 2 is 1.95 bits per heavy atom. The smallest absolute Gasteiger partial charge is 0.275 e. The van der Waals surface area contributed by atoms with Gasteiger partial charge in [0.25, 0.3) is 5.69 Å². The molecule has 2 rings (SSSR count). The number of hydrogen-bond donors (Lipinski definition) is 1. The Morgan fingerprint density at radius 1 is 1.38 bits per heavy atom. The highest BCUT2D eigenvalue weighted by Gasteiger charge is 2.23. The van der Waals surface area contributed by atoms with Crippen LogP contribution in [0, 0.1) is 33.1 Å². The summed E-state index contributed by atoms with van der Waals surface area (Å²) in [4.78, 5) is 11.6. The van der Waals surface area contributed by atoms with Crippen molar-refractivity contribution in [3.63, 3.8) is 0 Å². The summed E-state index contributed by atoms with van der Waals surface area (Å²) in [5, 5.41) is 21.9. The molecule has 1 saturated heterocycles. The molecule has 1 aromatic rings. The van der Waals surface area contributed by atoms with Crippen LogP contribution >= 0.6 is 0 Å². The molecule has 112 valence electrons. The standard InChI is InChI=1S/C13H14F2N4O2/c14-11-7-10(19(20)21)8-12(15)13(11)17-9-1-4-18(5-2-9)6-3-16/h7-9,17H,1-2,4-6H2. The quantitative estimate of drug-likeness (QED) is 0.523. The minimum absolute atomic E-state index is 0.120. The van der Waals surface area contributed by atoms with E-state index in [1.54, 1.807) is 0 Å². The summed E-state index contributed by atoms with van der Waals surface area (Å²) in [6.07, 6.45) is 1.30. The van der Waals surface area contributed by atoms with Crippen molar-refractivity contribution >= 4 is 11.4 Å². The second-order valence-electron chi connectivity index (χ2n) is 4.89. The molecule has 1 aliphatic rings. The van der Waals surface area contributed by atoms with Gasteiger partial charge in [0.2, 0.25) is 0 Å². The zero-order valence-electron chi connectivity index (χ0n) is 11.2. The third-order valence-corrected chi connectivity index (χ3v) is 3.47. The lowest BCUT2D eigenvalue weighted by Gasteiger charge is -2.31. The molecular formula is C13H14F2N4O2. The molecule has 1 N–H and O–H groups in total. The number of nitrogens with one attached hydrogen (secondary N) is 1. The van der Waals surface area contributed by atoms with E-state index in [2.05, 4.69) is 11.4 Å². The number of rotatable bonds is 4. The summed E-state index contributed by atoms with van der Waals surface area (Å²) in [5.74, 6) is -1.94. The molecule has 0 bridgehead atoms. The molecule has 0 aromatic heterocycles. The van der Waals surface area contributed by atoms with Crippen LogP contribution in [0.15, 0.2) is 12.1 Å². The molecule has 0 unspecified atom stereocenters. The fourth-order valence-corrected chi connectivity index (χ4v) is 2.34. The Kier molecular flexibility index (Phi) is 4.65. The van der Waals surface area contributed by atoms with Crippen LogP contribution in [0.3, 0.4) is 0 Å². The van der Waals surface area contributed by atoms with Crippen LogP contribution in [0.25, 0.3) is 0 Å². The van der Waals surface area contributed by atoms with Crippen molar-refractivity contribution in [3.05, 3.63) is 33.9 Å². The first-order valence-electron chi connectivity index (χ1n) is 6.50. The highest BCUT2D eigenvalue weighted by Crippen LogP contribution is 2.27. The average molecular weight is 296 g/mol. The van der Waals surface area contributed by atoms with Gasteiger partial charge in [0, 0.05) is 19.1 Å². The second kappa shape index (κ2) is 6.45. The maximum atomic E-state index is 13.8. The Balaban J connectivity index is 2.04. The van der Waals surface area contributed by atoms with Gasteiger partial charge in [-0.3, -0.25) is 15.0 Å². The van der Waals surface area contributed by atoms with Gasteiger partial charge < -0.3 is 5.32 Å². The number of nitrogens with zero attached hydrogens (tertiary/aromatic N) is 3. The summed E-state index contributed by atoms with van der Waals surface area (Å²) in [7, 11) is 0. The van der Waals surface area contributed by atoms with Crippen LogP contribution in [-0.2, 0) is 0 Å². The number of likely N-dealkylation sites (tertiary alicyclic amines) is 1. The average Bonchev–Trinajstić information content (AvgIpc) is 2.44. The van der Waals surface area contributed by atoms with Gasteiger partial charge >= 0.3 is 0 Å². The Labute approximate surface area is 120 Å². The highest BCUT2D eigenvalue weighted by atomic mass is 19.1. The van der Waals surface area contributed by atoms with E-state index in [9.17, 15) is 18.9 Å². The zero-order chi connectivity index (χ0) is 15.4. The van der Waals surface area contributed by atoms with Gasteiger partial charge in [-0.15, -0.1) is 0 Å². The van der Waals surface area contributed by atoms with Gasteiger partial charge in [-0.05, 0) is 12.8 Å². The maximum absolute atomic E-state index is 13.8. The molecule has 0 amide bonds. The number of benzene rings is 1. The predicted molar refractivity (Wildman–Crippen MR) is 71.7 cm³/mol. The van der Waals surface area contributed by atoms with E-state index in [1.165, 1.54) is 0 Å². The number of anilines is 1. The molecule has 21 heavy (non-hydrogen) atoms. The SMILES string of the molecule is N#CCN1CCC(Nc2c(F)cc([N+](=O)[O-])cc2F)CC1. The number of non-ortho nitro benzene ring substituents is 1. The first-order chi connectivity index (χ1) is 10.0. The van der Waals surface area contributed by atoms with Gasteiger partial charge in [-0.25, -0.2) is 8.78 Å². The summed E-state index contributed by atoms with van der Waals surface area (Å²) < 4.78 is 27.5. The third kappa shape index (κ3) is 3.64. The van der Waals surface area contributed by atoms with Gasteiger partial charge in [0.15, 0.2) is 11.6 Å². The summed E-state index contributed by atoms with van der Waals surface area (Å²) >= 11 is 0. The minimum Gasteiger partial charge on any atom is -0.377 e. The second-order valence-corrected chi connectivity index (χ2v) is 4.89. The van der Waals surface area contributed by atoms with Crippen molar-refractivity contribution < 1.29 is 13.7 Å². The first kappa shape index (κ1) is 15.1. The van der Waals surface area contributed by atoms with E-state index in [4.69, 9.17) is 5.26 Å². The van der Waals surface area contributed by atoms with Gasteiger partial charge in [0.1, 0.15) is 5.69 Å². The fraction of sp³-hybridized carbons (Fsp3) is 0.462. The lowest BCUT2D eigenvalue weighted by atomic mass is 10.0. The Morgan fingerprint density at radius 3 is 2.43 bits per heavy atom. The van der Waals surface area contributed by atoms with E-state index in [-0.39, 0.29) is 11.7 Å². The van der Waals surface area contributed by atoms with E-state index < -0.39 is 22.2 Å². The molecule has 0 saturated carbocycles. The molecule has 1 aromatic carbocycles. The van der Waals surface area contributed by atoms with Crippen molar-refractivity contribution in [3.8, 4) is 6.07 Å². The molecule has 1 fully saturated rings. The first-order valence-corrected chi connectivity index (χ1v) is 6.50. The predicted octanol–water partition coefficient (Wildman–Crippen LogP) is 2.27. The summed E-state index contributed by atoms with van der Waals surface area (Å²) in [6, 6.07) is 3.35. The van der Waals surface area contributed by atoms with Crippen LogP contribution in [0.5, 0.6) is 0 Å². The zero-order valence-corrected chi connectivity index (χ0v) is 11.2. The molecule has 8 heteroatoms. The van der Waals surface area contributed by atoms with Gasteiger partial charge in [-0.2, -0.15) is 5.26 Å². The number of nitro benzene ring substituents is 1. The van der Waals surface area contributed by atoms with Crippen molar-refractivity contribution in [2.24, 2.45) is 0 Å². The maximum Gasteiger partial charge on any atom is 0.275 e. The van der Waals surface area contributed by atoms with Crippen LogP contribution < -0.4 is 5.32 Å². The lowest BCUT2D eigenvalue weighted by molar-refractivity contribution is -0.385. The van der Waals surface area contributed by atoms with Crippen LogP contribution in [0.1, 0.15) is 12.8 Å². The van der Waals surface area contributed by atoms with Crippen molar-refractivity contribution in [2.45, 2.75) is 18.9 Å². The number of halogens is 2. The van der Waals surface area contributed by atoms with Crippen molar-refractivity contribution in [1.82, 2.24) is 4.90 Å². The van der Waals surface area contributed by atoms with Crippen LogP contribution in [-0.4, -0.2) is 35.5 Å². The summed E-state index contributed by atoms with van der Waals surface area (Å²) in [5.41, 5.74) is -0.946. The molecule has 0 spiro atoms. The van der Waals surface area contributed by atoms with E-state index in [1.807, 2.05) is 4.90 Å². The monoisotopic (exact) mass is 296 g/mol. The molecule has 6 nitrogen and oxygen atoms in total. The van der Waals surface area contributed by atoms with Crippen LogP contribution in [0.4, 0.5) is 20.2 Å². The minimum atomic E-state index is -0.971. The summed E-state index contributed by atoms with van der Waals surface area (Å²) in [6.45, 7) is 1.68. The van der Waals surface area contributed by atoms with E-state index >= 15 is 0 Å². The molecule has 0 radical (unpaired) electrons. The normalized spacial score (nSPS) is 16.4. The van der Waals surface area contributed by atoms with Gasteiger partial charge in [-0.1, -0.05) is 0 Å². The highest BCUT2D eigenvalue weighted by molar-refractivity contribution is 5.52. The molecule has 1 aliphatic heterocycles. The van der Waals surface area contributed by atoms with Crippen molar-refractivity contribution in [2.75, 3.05) is 25.0 Å². The molecule has 0 aliphatic carbocycles. The molecular weight excluding hydrogens is 282 g/mol. The van der Waals surface area contributed by atoms with E-state index in [0.717, 1.165) is 0 Å². The van der Waals surface area contributed by atoms with E-state index in [0.29, 0.717) is 44.6 Å². The lowest BCUT2D eigenvalue weighted by Crippen LogP contribution is -2.39. The van der Waals surface area contributed by atoms with Gasteiger partial charge in [0.05, 0.1) is 29.7 Å².